The highest BCUT2D eigenvalue weighted by atomic mass is 16.2. The summed E-state index contributed by atoms with van der Waals surface area (Å²) in [6.07, 6.45) is 0.982. The van der Waals surface area contributed by atoms with Crippen molar-refractivity contribution in [3.8, 4) is 11.4 Å². The molecule has 3 rings (SSSR count). The van der Waals surface area contributed by atoms with Crippen molar-refractivity contribution in [3.05, 3.63) is 59.7 Å². The van der Waals surface area contributed by atoms with Gasteiger partial charge in [0.05, 0.1) is 0 Å². The molecule has 0 aliphatic heterocycles. The topological polar surface area (TPSA) is 116 Å². The zero-order valence-electron chi connectivity index (χ0n) is 15.8. The summed E-state index contributed by atoms with van der Waals surface area (Å²) in [5.74, 6) is -0.0268. The van der Waals surface area contributed by atoms with Gasteiger partial charge in [0, 0.05) is 16.8 Å². The lowest BCUT2D eigenvalue weighted by Gasteiger charge is -2.15. The molecule has 28 heavy (non-hydrogen) atoms. The zero-order valence-corrected chi connectivity index (χ0v) is 15.8. The zero-order chi connectivity index (χ0) is 20.1. The van der Waals surface area contributed by atoms with Crippen LogP contribution in [0, 0.1) is 0 Å². The van der Waals surface area contributed by atoms with Crippen molar-refractivity contribution >= 4 is 17.5 Å². The van der Waals surface area contributed by atoms with Crippen LogP contribution >= 0.6 is 0 Å². The number of carbonyl (C=O) groups is 2. The second-order valence-corrected chi connectivity index (χ2v) is 6.53. The first-order valence-corrected chi connectivity index (χ1v) is 9.04. The van der Waals surface area contributed by atoms with Crippen LogP contribution in [0.5, 0.6) is 0 Å². The van der Waals surface area contributed by atoms with Crippen molar-refractivity contribution in [1.29, 1.82) is 0 Å². The molecule has 0 aliphatic carbocycles. The van der Waals surface area contributed by atoms with Crippen LogP contribution in [0.4, 0.5) is 5.69 Å². The van der Waals surface area contributed by atoms with E-state index in [1.165, 1.54) is 4.80 Å². The SMILES string of the molecule is CC[C@@H](C)c1ccccc1NC(=O)Cn1nnc(-c2ccc(C(N)=O)cc2)n1. The monoisotopic (exact) mass is 378 g/mol. The molecule has 3 N–H and O–H groups in total. The molecule has 0 saturated heterocycles. The molecule has 0 aliphatic rings. The first kappa shape index (κ1) is 19.2. The molecule has 2 amide bonds. The number of rotatable bonds is 7. The van der Waals surface area contributed by atoms with Crippen LogP contribution in [0.15, 0.2) is 48.5 Å². The first-order valence-electron chi connectivity index (χ1n) is 9.04. The largest absolute Gasteiger partial charge is 0.366 e. The number of hydrogen-bond donors (Lipinski definition) is 2. The molecule has 0 spiro atoms. The molecule has 144 valence electrons. The third-order valence-corrected chi connectivity index (χ3v) is 4.54. The Morgan fingerprint density at radius 3 is 2.54 bits per heavy atom. The molecular formula is C20H22N6O2. The van der Waals surface area contributed by atoms with Gasteiger partial charge in [-0.3, -0.25) is 9.59 Å². The lowest BCUT2D eigenvalue weighted by molar-refractivity contribution is -0.117. The Bertz CT molecular complexity index is 980. The highest BCUT2D eigenvalue weighted by molar-refractivity contribution is 5.93. The van der Waals surface area contributed by atoms with Gasteiger partial charge >= 0.3 is 0 Å². The van der Waals surface area contributed by atoms with E-state index in [0.717, 1.165) is 17.7 Å². The maximum atomic E-state index is 12.4. The smallest absolute Gasteiger partial charge is 0.248 e. The summed E-state index contributed by atoms with van der Waals surface area (Å²) in [5.41, 5.74) is 8.20. The molecule has 0 unspecified atom stereocenters. The number of nitrogens with two attached hydrogens (primary N) is 1. The third kappa shape index (κ3) is 4.40. The number of para-hydroxylation sites is 1. The van der Waals surface area contributed by atoms with Gasteiger partial charge in [-0.2, -0.15) is 4.80 Å². The molecule has 1 heterocycles. The summed E-state index contributed by atoms with van der Waals surface area (Å²) in [7, 11) is 0. The summed E-state index contributed by atoms with van der Waals surface area (Å²) in [6.45, 7) is 4.18. The number of amides is 2. The minimum absolute atomic E-state index is 0.0544. The van der Waals surface area contributed by atoms with Crippen LogP contribution < -0.4 is 11.1 Å². The van der Waals surface area contributed by atoms with Crippen LogP contribution in [-0.2, 0) is 11.3 Å². The van der Waals surface area contributed by atoms with E-state index >= 15 is 0 Å². The quantitative estimate of drug-likeness (QED) is 0.655. The Hall–Kier alpha value is -3.55. The standard InChI is InChI=1S/C20H22N6O2/c1-3-13(2)16-6-4-5-7-17(16)22-18(27)12-26-24-20(23-25-26)15-10-8-14(9-11-15)19(21)28/h4-11,13H,3,12H2,1-2H3,(H2,21,28)(H,22,27)/t13-/m1/s1. The normalized spacial score (nSPS) is 11.8. The summed E-state index contributed by atoms with van der Waals surface area (Å²) in [6, 6.07) is 14.3. The van der Waals surface area contributed by atoms with Gasteiger partial charge in [-0.05, 0) is 41.3 Å². The van der Waals surface area contributed by atoms with Crippen LogP contribution in [-0.4, -0.2) is 32.0 Å². The van der Waals surface area contributed by atoms with Gasteiger partial charge in [0.25, 0.3) is 0 Å². The van der Waals surface area contributed by atoms with Gasteiger partial charge in [-0.25, -0.2) is 0 Å². The van der Waals surface area contributed by atoms with Crippen LogP contribution in [0.2, 0.25) is 0 Å². The van der Waals surface area contributed by atoms with Crippen LogP contribution in [0.1, 0.15) is 42.1 Å². The molecule has 1 atom stereocenters. The minimum atomic E-state index is -0.502. The molecule has 3 aromatic rings. The van der Waals surface area contributed by atoms with Crippen molar-refractivity contribution in [3.63, 3.8) is 0 Å². The molecular weight excluding hydrogens is 356 g/mol. The third-order valence-electron chi connectivity index (χ3n) is 4.54. The second-order valence-electron chi connectivity index (χ2n) is 6.53. The Morgan fingerprint density at radius 2 is 1.86 bits per heavy atom. The van der Waals surface area contributed by atoms with E-state index in [-0.39, 0.29) is 12.5 Å². The average molecular weight is 378 g/mol. The fourth-order valence-corrected chi connectivity index (χ4v) is 2.79. The Balaban J connectivity index is 1.68. The van der Waals surface area contributed by atoms with Gasteiger partial charge in [-0.15, -0.1) is 10.2 Å². The number of tetrazole rings is 1. The predicted molar refractivity (Wildman–Crippen MR) is 106 cm³/mol. The van der Waals surface area contributed by atoms with Gasteiger partial charge in [0.2, 0.25) is 17.6 Å². The fourth-order valence-electron chi connectivity index (χ4n) is 2.79. The fraction of sp³-hybridized carbons (Fsp3) is 0.250. The van der Waals surface area contributed by atoms with Gasteiger partial charge < -0.3 is 11.1 Å². The molecule has 0 bridgehead atoms. The number of benzene rings is 2. The highest BCUT2D eigenvalue weighted by Gasteiger charge is 2.13. The summed E-state index contributed by atoms with van der Waals surface area (Å²) < 4.78 is 0. The summed E-state index contributed by atoms with van der Waals surface area (Å²) in [4.78, 5) is 24.8. The van der Waals surface area contributed by atoms with Crippen molar-refractivity contribution in [2.24, 2.45) is 5.73 Å². The van der Waals surface area contributed by atoms with Crippen molar-refractivity contribution in [1.82, 2.24) is 20.2 Å². The molecule has 8 heteroatoms. The van der Waals surface area contributed by atoms with Crippen LogP contribution in [0.25, 0.3) is 11.4 Å². The van der Waals surface area contributed by atoms with E-state index in [1.807, 2.05) is 24.3 Å². The molecule has 0 radical (unpaired) electrons. The Morgan fingerprint density at radius 1 is 1.14 bits per heavy atom. The van der Waals surface area contributed by atoms with Gasteiger partial charge in [0.1, 0.15) is 6.54 Å². The Labute approximate surface area is 162 Å². The maximum Gasteiger partial charge on any atom is 0.248 e. The number of primary amides is 1. The number of aromatic nitrogens is 4. The van der Waals surface area contributed by atoms with E-state index in [9.17, 15) is 9.59 Å². The number of hydrogen-bond acceptors (Lipinski definition) is 5. The molecule has 2 aromatic carbocycles. The number of nitrogens with zero attached hydrogens (tertiary/aromatic N) is 4. The highest BCUT2D eigenvalue weighted by Crippen LogP contribution is 2.26. The Kier molecular flexibility index (Phi) is 5.78. The second kappa shape index (κ2) is 8.43. The van der Waals surface area contributed by atoms with Gasteiger partial charge in [0.15, 0.2) is 0 Å². The molecule has 1 aromatic heterocycles. The van der Waals surface area contributed by atoms with E-state index in [2.05, 4.69) is 34.6 Å². The van der Waals surface area contributed by atoms with Gasteiger partial charge in [-0.1, -0.05) is 44.2 Å². The lowest BCUT2D eigenvalue weighted by Crippen LogP contribution is -2.21. The van der Waals surface area contributed by atoms with E-state index in [1.54, 1.807) is 24.3 Å². The van der Waals surface area contributed by atoms with Crippen molar-refractivity contribution in [2.75, 3.05) is 5.32 Å². The van der Waals surface area contributed by atoms with E-state index in [4.69, 9.17) is 5.73 Å². The lowest BCUT2D eigenvalue weighted by atomic mass is 9.97. The van der Waals surface area contributed by atoms with Crippen LogP contribution in [0.3, 0.4) is 0 Å². The predicted octanol–water partition coefficient (Wildman–Crippen LogP) is 2.59. The van der Waals surface area contributed by atoms with E-state index in [0.29, 0.717) is 22.9 Å². The molecule has 0 saturated carbocycles. The van der Waals surface area contributed by atoms with E-state index < -0.39 is 5.91 Å². The summed E-state index contributed by atoms with van der Waals surface area (Å²) >= 11 is 0. The maximum absolute atomic E-state index is 12.4. The average Bonchev–Trinajstić information content (AvgIpc) is 3.16. The number of nitrogens with one attached hydrogen (secondary N) is 1. The number of carbonyl (C=O) groups excluding carboxylic acids is 2. The number of anilines is 1. The van der Waals surface area contributed by atoms with Crippen molar-refractivity contribution < 1.29 is 9.59 Å². The first-order chi connectivity index (χ1) is 13.5. The molecule has 0 fully saturated rings. The van der Waals surface area contributed by atoms with Crippen molar-refractivity contribution in [2.45, 2.75) is 32.7 Å². The summed E-state index contributed by atoms with van der Waals surface area (Å²) in [5, 5.41) is 15.0. The molecule has 8 nitrogen and oxygen atoms in total. The minimum Gasteiger partial charge on any atom is -0.366 e.